The monoisotopic (exact) mass is 366 g/mol. The van der Waals surface area contributed by atoms with Crippen LogP contribution in [0.2, 0.25) is 0 Å². The van der Waals surface area contributed by atoms with E-state index in [2.05, 4.69) is 72.9 Å². The van der Waals surface area contributed by atoms with Gasteiger partial charge in [0.25, 0.3) is 0 Å². The Balaban J connectivity index is 1.45. The van der Waals surface area contributed by atoms with Crippen LogP contribution in [-0.2, 0) is 6.42 Å². The van der Waals surface area contributed by atoms with Gasteiger partial charge in [0.15, 0.2) is 5.65 Å². The van der Waals surface area contributed by atoms with Gasteiger partial charge in [-0.3, -0.25) is 5.10 Å². The van der Waals surface area contributed by atoms with Gasteiger partial charge in [-0.1, -0.05) is 36.4 Å². The van der Waals surface area contributed by atoms with Crippen molar-refractivity contribution in [1.82, 2.24) is 25.1 Å². The lowest BCUT2D eigenvalue weighted by atomic mass is 10.0. The predicted octanol–water partition coefficient (Wildman–Crippen LogP) is 4.22. The molecule has 0 aliphatic carbocycles. The number of hydrogen-bond donors (Lipinski definition) is 2. The van der Waals surface area contributed by atoms with Gasteiger partial charge < -0.3 is 5.32 Å². The Morgan fingerprint density at radius 1 is 0.857 bits per heavy atom. The van der Waals surface area contributed by atoms with Crippen molar-refractivity contribution in [2.24, 2.45) is 0 Å². The van der Waals surface area contributed by atoms with Crippen molar-refractivity contribution in [1.29, 1.82) is 0 Å². The fourth-order valence-electron chi connectivity index (χ4n) is 3.34. The minimum Gasteiger partial charge on any atom is -0.369 e. The lowest BCUT2D eigenvalue weighted by Crippen LogP contribution is -2.07. The van der Waals surface area contributed by atoms with Gasteiger partial charge in [0.2, 0.25) is 0 Å². The maximum absolute atomic E-state index is 4.46. The minimum absolute atomic E-state index is 0.788. The summed E-state index contributed by atoms with van der Waals surface area (Å²) in [6, 6.07) is 18.7. The zero-order chi connectivity index (χ0) is 18.8. The van der Waals surface area contributed by atoms with Crippen molar-refractivity contribution in [2.45, 2.75) is 6.42 Å². The Kier molecular flexibility index (Phi) is 4.14. The summed E-state index contributed by atoms with van der Waals surface area (Å²) in [5, 5.41) is 12.4. The lowest BCUT2D eigenvalue weighted by molar-refractivity contribution is 1.01. The zero-order valence-corrected chi connectivity index (χ0v) is 15.1. The van der Waals surface area contributed by atoms with Crippen molar-refractivity contribution >= 4 is 27.8 Å². The molecule has 5 rings (SSSR count). The molecule has 0 fully saturated rings. The van der Waals surface area contributed by atoms with Crippen LogP contribution in [0.1, 0.15) is 5.56 Å². The molecule has 0 aliphatic heterocycles. The second kappa shape index (κ2) is 7.08. The zero-order valence-electron chi connectivity index (χ0n) is 15.1. The second-order valence-electron chi connectivity index (χ2n) is 6.65. The number of H-pyrrole nitrogens is 1. The molecular weight excluding hydrogens is 348 g/mol. The van der Waals surface area contributed by atoms with Crippen LogP contribution in [0, 0.1) is 0 Å². The molecule has 3 aromatic heterocycles. The quantitative estimate of drug-likeness (QED) is 0.487. The number of benzene rings is 2. The lowest BCUT2D eigenvalue weighted by Gasteiger charge is -2.10. The third kappa shape index (κ3) is 3.16. The largest absolute Gasteiger partial charge is 0.369 e. The van der Waals surface area contributed by atoms with E-state index in [4.69, 9.17) is 0 Å². The van der Waals surface area contributed by atoms with Crippen molar-refractivity contribution in [3.63, 3.8) is 0 Å². The molecule has 28 heavy (non-hydrogen) atoms. The van der Waals surface area contributed by atoms with Crippen molar-refractivity contribution in [2.75, 3.05) is 11.9 Å². The highest BCUT2D eigenvalue weighted by molar-refractivity contribution is 5.93. The first-order valence-electron chi connectivity index (χ1n) is 9.19. The first kappa shape index (κ1) is 16.4. The molecule has 0 saturated carbocycles. The van der Waals surface area contributed by atoms with E-state index >= 15 is 0 Å². The van der Waals surface area contributed by atoms with Crippen molar-refractivity contribution in [3.05, 3.63) is 78.9 Å². The van der Waals surface area contributed by atoms with Crippen molar-refractivity contribution in [3.8, 4) is 11.1 Å². The predicted molar refractivity (Wildman–Crippen MR) is 111 cm³/mol. The topological polar surface area (TPSA) is 79.4 Å². The number of nitrogens with one attached hydrogen (secondary N) is 2. The molecule has 6 nitrogen and oxygen atoms in total. The summed E-state index contributed by atoms with van der Waals surface area (Å²) in [7, 11) is 0. The standard InChI is InChI=1S/C22H18N6/c1-2-4-15(5-3-1)8-9-23-22-19-11-16(6-7-20(19)25-14-26-22)17-10-18-13-27-28-21(18)24-12-17/h1-7,10-14H,8-9H2,(H,23,25,26)(H,24,27,28). The molecule has 0 radical (unpaired) electrons. The number of anilines is 1. The molecular formula is C22H18N6. The van der Waals surface area contributed by atoms with Gasteiger partial charge in [-0.25, -0.2) is 15.0 Å². The molecule has 0 spiro atoms. The van der Waals surface area contributed by atoms with Crippen LogP contribution >= 0.6 is 0 Å². The van der Waals surface area contributed by atoms with E-state index in [-0.39, 0.29) is 0 Å². The van der Waals surface area contributed by atoms with Crippen LogP contribution in [0.25, 0.3) is 33.1 Å². The summed E-state index contributed by atoms with van der Waals surface area (Å²) >= 11 is 0. The average molecular weight is 366 g/mol. The third-order valence-electron chi connectivity index (χ3n) is 4.81. The Bertz CT molecular complexity index is 1250. The van der Waals surface area contributed by atoms with Gasteiger partial charge in [-0.2, -0.15) is 5.10 Å². The highest BCUT2D eigenvalue weighted by atomic mass is 15.1. The van der Waals surface area contributed by atoms with Crippen LogP contribution in [0.5, 0.6) is 0 Å². The summed E-state index contributed by atoms with van der Waals surface area (Å²) < 4.78 is 0. The van der Waals surface area contributed by atoms with Crippen LogP contribution in [0.4, 0.5) is 5.82 Å². The highest BCUT2D eigenvalue weighted by Gasteiger charge is 2.08. The Hall–Kier alpha value is -3.80. The number of aromatic amines is 1. The molecule has 0 aliphatic rings. The SMILES string of the molecule is c1ccc(CCNc2ncnc3ccc(-c4cnc5[nH]ncc5c4)cc23)cc1. The molecule has 2 aromatic carbocycles. The molecule has 136 valence electrons. The smallest absolute Gasteiger partial charge is 0.155 e. The highest BCUT2D eigenvalue weighted by Crippen LogP contribution is 2.28. The minimum atomic E-state index is 0.788. The molecule has 2 N–H and O–H groups in total. The van der Waals surface area contributed by atoms with Gasteiger partial charge in [-0.05, 0) is 35.7 Å². The average Bonchev–Trinajstić information content (AvgIpc) is 3.22. The molecule has 5 aromatic rings. The number of rotatable bonds is 5. The number of hydrogen-bond acceptors (Lipinski definition) is 5. The van der Waals surface area contributed by atoms with Gasteiger partial charge in [0.1, 0.15) is 12.1 Å². The number of aromatic nitrogens is 5. The summed E-state index contributed by atoms with van der Waals surface area (Å²) in [6.45, 7) is 0.808. The normalized spacial score (nSPS) is 11.1. The van der Waals surface area contributed by atoms with Crippen LogP contribution < -0.4 is 5.32 Å². The number of pyridine rings is 1. The molecule has 0 amide bonds. The molecule has 3 heterocycles. The molecule has 0 bridgehead atoms. The summed E-state index contributed by atoms with van der Waals surface area (Å²) in [4.78, 5) is 13.3. The van der Waals surface area contributed by atoms with E-state index < -0.39 is 0 Å². The summed E-state index contributed by atoms with van der Waals surface area (Å²) in [6.07, 6.45) is 6.18. The van der Waals surface area contributed by atoms with Gasteiger partial charge in [0.05, 0.1) is 11.7 Å². The van der Waals surface area contributed by atoms with Crippen LogP contribution in [0.3, 0.4) is 0 Å². The van der Waals surface area contributed by atoms with Crippen LogP contribution in [0.15, 0.2) is 73.3 Å². The number of nitrogens with zero attached hydrogens (tertiary/aromatic N) is 4. The Morgan fingerprint density at radius 3 is 2.71 bits per heavy atom. The van der Waals surface area contributed by atoms with E-state index in [0.717, 1.165) is 51.8 Å². The molecule has 6 heteroatoms. The van der Waals surface area contributed by atoms with Gasteiger partial charge in [-0.15, -0.1) is 0 Å². The van der Waals surface area contributed by atoms with E-state index in [9.17, 15) is 0 Å². The van der Waals surface area contributed by atoms with E-state index in [0.29, 0.717) is 0 Å². The fourth-order valence-corrected chi connectivity index (χ4v) is 3.34. The van der Waals surface area contributed by atoms with Crippen molar-refractivity contribution < 1.29 is 0 Å². The maximum atomic E-state index is 4.46. The van der Waals surface area contributed by atoms with E-state index in [1.165, 1.54) is 5.56 Å². The van der Waals surface area contributed by atoms with Gasteiger partial charge in [0, 0.05) is 29.1 Å². The third-order valence-corrected chi connectivity index (χ3v) is 4.81. The second-order valence-corrected chi connectivity index (χ2v) is 6.65. The Labute approximate surface area is 161 Å². The van der Waals surface area contributed by atoms with Gasteiger partial charge >= 0.3 is 0 Å². The Morgan fingerprint density at radius 2 is 1.79 bits per heavy atom. The summed E-state index contributed by atoms with van der Waals surface area (Å²) in [5.74, 6) is 0.847. The first-order chi connectivity index (χ1) is 13.9. The van der Waals surface area contributed by atoms with Crippen LogP contribution in [-0.4, -0.2) is 31.7 Å². The summed E-state index contributed by atoms with van der Waals surface area (Å²) in [5.41, 5.74) is 5.11. The maximum Gasteiger partial charge on any atom is 0.155 e. The molecule has 0 atom stereocenters. The number of fused-ring (bicyclic) bond motifs is 2. The fraction of sp³-hybridized carbons (Fsp3) is 0.0909. The van der Waals surface area contributed by atoms with E-state index in [1.807, 2.05) is 18.3 Å². The first-order valence-corrected chi connectivity index (χ1v) is 9.19. The van der Waals surface area contributed by atoms with E-state index in [1.54, 1.807) is 12.5 Å². The molecule has 0 unspecified atom stereocenters. The molecule has 0 saturated heterocycles.